The second-order valence-electron chi connectivity index (χ2n) is 4.34. The Morgan fingerprint density at radius 1 is 1.06 bits per heavy atom. The molecule has 0 amide bonds. The number of halogens is 2. The fourth-order valence-corrected chi connectivity index (χ4v) is 2.25. The Morgan fingerprint density at radius 3 is 2.56 bits per heavy atom. The first-order chi connectivity index (χ1) is 8.58. The molecule has 0 atom stereocenters. The molecule has 0 fully saturated rings. The van der Waals surface area contributed by atoms with Crippen molar-refractivity contribution in [2.45, 2.75) is 20.4 Å². The predicted octanol–water partition coefficient (Wildman–Crippen LogP) is 5.22. The number of aryl methyl sites for hydroxylation is 1. The number of rotatable bonds is 3. The van der Waals surface area contributed by atoms with E-state index in [1.807, 2.05) is 43.3 Å². The third-order valence-electron chi connectivity index (χ3n) is 3.04. The molecule has 18 heavy (non-hydrogen) atoms. The van der Waals surface area contributed by atoms with Gasteiger partial charge in [-0.3, -0.25) is 0 Å². The smallest absolute Gasteiger partial charge is 0.0455 e. The topological polar surface area (TPSA) is 12.0 Å². The summed E-state index contributed by atoms with van der Waals surface area (Å²) < 4.78 is 0. The second-order valence-corrected chi connectivity index (χ2v) is 5.18. The molecule has 0 unspecified atom stereocenters. The van der Waals surface area contributed by atoms with Crippen molar-refractivity contribution in [3.63, 3.8) is 0 Å². The minimum atomic E-state index is 0.768. The van der Waals surface area contributed by atoms with Crippen LogP contribution in [0.1, 0.15) is 16.7 Å². The predicted molar refractivity (Wildman–Crippen MR) is 79.7 cm³/mol. The highest BCUT2D eigenvalue weighted by Gasteiger charge is 2.03. The van der Waals surface area contributed by atoms with Gasteiger partial charge in [0.1, 0.15) is 0 Å². The Morgan fingerprint density at radius 2 is 1.83 bits per heavy atom. The van der Waals surface area contributed by atoms with E-state index in [-0.39, 0.29) is 0 Å². The van der Waals surface area contributed by atoms with Crippen LogP contribution in [-0.2, 0) is 6.54 Å². The first-order valence-electron chi connectivity index (χ1n) is 5.82. The molecule has 94 valence electrons. The Labute approximate surface area is 118 Å². The molecule has 3 heteroatoms. The molecule has 2 aromatic carbocycles. The maximum absolute atomic E-state index is 6.09. The zero-order chi connectivity index (χ0) is 13.1. The molecule has 2 rings (SSSR count). The lowest BCUT2D eigenvalue weighted by Gasteiger charge is -2.12. The van der Waals surface area contributed by atoms with E-state index >= 15 is 0 Å². The van der Waals surface area contributed by atoms with Crippen molar-refractivity contribution in [2.75, 3.05) is 5.32 Å². The minimum absolute atomic E-state index is 0.768. The molecule has 0 aliphatic carbocycles. The average molecular weight is 280 g/mol. The van der Waals surface area contributed by atoms with Gasteiger partial charge in [-0.05, 0) is 54.8 Å². The molecule has 1 N–H and O–H groups in total. The van der Waals surface area contributed by atoms with Crippen LogP contribution in [0.3, 0.4) is 0 Å². The number of hydrogen-bond donors (Lipinski definition) is 1. The van der Waals surface area contributed by atoms with Crippen LogP contribution >= 0.6 is 23.2 Å². The van der Waals surface area contributed by atoms with Crippen molar-refractivity contribution < 1.29 is 0 Å². The molecule has 0 saturated carbocycles. The Balaban J connectivity index is 2.14. The van der Waals surface area contributed by atoms with E-state index in [2.05, 4.69) is 12.2 Å². The fraction of sp³-hybridized carbons (Fsp3) is 0.200. The van der Waals surface area contributed by atoms with Gasteiger partial charge in [-0.2, -0.15) is 0 Å². The summed E-state index contributed by atoms with van der Waals surface area (Å²) in [5.74, 6) is 0. The summed E-state index contributed by atoms with van der Waals surface area (Å²) in [6, 6.07) is 11.8. The lowest BCUT2D eigenvalue weighted by Crippen LogP contribution is -2.02. The minimum Gasteiger partial charge on any atom is -0.381 e. The zero-order valence-electron chi connectivity index (χ0n) is 10.4. The lowest BCUT2D eigenvalue weighted by atomic mass is 10.1. The second kappa shape index (κ2) is 5.64. The van der Waals surface area contributed by atoms with Gasteiger partial charge in [0.2, 0.25) is 0 Å². The van der Waals surface area contributed by atoms with E-state index in [4.69, 9.17) is 23.2 Å². The molecule has 0 radical (unpaired) electrons. The first-order valence-corrected chi connectivity index (χ1v) is 6.57. The van der Waals surface area contributed by atoms with Crippen LogP contribution in [0, 0.1) is 13.8 Å². The summed E-state index contributed by atoms with van der Waals surface area (Å²) in [6.45, 7) is 4.84. The zero-order valence-corrected chi connectivity index (χ0v) is 11.9. The van der Waals surface area contributed by atoms with Crippen LogP contribution in [0.2, 0.25) is 10.0 Å². The van der Waals surface area contributed by atoms with E-state index in [0.29, 0.717) is 0 Å². The van der Waals surface area contributed by atoms with Crippen molar-refractivity contribution in [1.82, 2.24) is 0 Å². The third-order valence-corrected chi connectivity index (χ3v) is 3.69. The summed E-state index contributed by atoms with van der Waals surface area (Å²) in [7, 11) is 0. The maximum atomic E-state index is 6.09. The van der Waals surface area contributed by atoms with E-state index in [1.54, 1.807) is 0 Å². The largest absolute Gasteiger partial charge is 0.381 e. The molecule has 2 aromatic rings. The molecule has 0 bridgehead atoms. The summed E-state index contributed by atoms with van der Waals surface area (Å²) >= 11 is 12.0. The molecule has 0 aromatic heterocycles. The van der Waals surface area contributed by atoms with E-state index in [0.717, 1.165) is 27.8 Å². The van der Waals surface area contributed by atoms with E-state index < -0.39 is 0 Å². The molecule has 0 saturated heterocycles. The van der Waals surface area contributed by atoms with Gasteiger partial charge in [0.15, 0.2) is 0 Å². The number of anilines is 1. The first kappa shape index (κ1) is 13.3. The highest BCUT2D eigenvalue weighted by molar-refractivity contribution is 6.31. The molecule has 0 spiro atoms. The van der Waals surface area contributed by atoms with Crippen LogP contribution in [-0.4, -0.2) is 0 Å². The SMILES string of the molecule is Cc1cc(Cl)ccc1CNc1cccc(Cl)c1C. The van der Waals surface area contributed by atoms with E-state index in [9.17, 15) is 0 Å². The molecular weight excluding hydrogens is 265 g/mol. The Bertz CT molecular complexity index is 564. The summed E-state index contributed by atoms with van der Waals surface area (Å²) in [5, 5.41) is 4.96. The van der Waals surface area contributed by atoms with Gasteiger partial charge < -0.3 is 5.32 Å². The summed E-state index contributed by atoms with van der Waals surface area (Å²) in [5.41, 5.74) is 4.57. The number of hydrogen-bond acceptors (Lipinski definition) is 1. The van der Waals surface area contributed by atoms with Crippen molar-refractivity contribution >= 4 is 28.9 Å². The Hall–Kier alpha value is -1.18. The van der Waals surface area contributed by atoms with Crippen LogP contribution in [0.25, 0.3) is 0 Å². The standard InChI is InChI=1S/C15H15Cl2N/c1-10-8-13(16)7-6-12(10)9-18-15-5-3-4-14(17)11(15)2/h3-8,18H,9H2,1-2H3. The van der Waals surface area contributed by atoms with E-state index in [1.165, 1.54) is 11.1 Å². The van der Waals surface area contributed by atoms with Gasteiger partial charge in [-0.25, -0.2) is 0 Å². The van der Waals surface area contributed by atoms with Crippen LogP contribution in [0.5, 0.6) is 0 Å². The van der Waals surface area contributed by atoms with Gasteiger partial charge in [0.05, 0.1) is 0 Å². The molecular formula is C15H15Cl2N. The van der Waals surface area contributed by atoms with Gasteiger partial charge in [-0.1, -0.05) is 35.3 Å². The monoisotopic (exact) mass is 279 g/mol. The van der Waals surface area contributed by atoms with Crippen molar-refractivity contribution in [3.05, 3.63) is 63.1 Å². The van der Waals surface area contributed by atoms with Gasteiger partial charge in [0.25, 0.3) is 0 Å². The number of benzene rings is 2. The van der Waals surface area contributed by atoms with Gasteiger partial charge in [-0.15, -0.1) is 0 Å². The molecule has 0 aliphatic rings. The Kier molecular flexibility index (Phi) is 4.15. The molecule has 0 heterocycles. The summed E-state index contributed by atoms with van der Waals surface area (Å²) in [4.78, 5) is 0. The highest BCUT2D eigenvalue weighted by Crippen LogP contribution is 2.24. The van der Waals surface area contributed by atoms with Crippen LogP contribution in [0.4, 0.5) is 5.69 Å². The number of nitrogens with one attached hydrogen (secondary N) is 1. The quantitative estimate of drug-likeness (QED) is 0.812. The maximum Gasteiger partial charge on any atom is 0.0455 e. The van der Waals surface area contributed by atoms with Crippen molar-refractivity contribution in [1.29, 1.82) is 0 Å². The molecule has 1 nitrogen and oxygen atoms in total. The van der Waals surface area contributed by atoms with Gasteiger partial charge >= 0.3 is 0 Å². The van der Waals surface area contributed by atoms with Crippen molar-refractivity contribution in [2.24, 2.45) is 0 Å². The summed E-state index contributed by atoms with van der Waals surface area (Å²) in [6.07, 6.45) is 0. The molecule has 0 aliphatic heterocycles. The van der Waals surface area contributed by atoms with Gasteiger partial charge in [0, 0.05) is 22.3 Å². The van der Waals surface area contributed by atoms with Crippen molar-refractivity contribution in [3.8, 4) is 0 Å². The average Bonchev–Trinajstić information content (AvgIpc) is 2.33. The van der Waals surface area contributed by atoms with Crippen LogP contribution in [0.15, 0.2) is 36.4 Å². The van der Waals surface area contributed by atoms with Crippen LogP contribution < -0.4 is 5.32 Å². The fourth-order valence-electron chi connectivity index (χ4n) is 1.85. The highest BCUT2D eigenvalue weighted by atomic mass is 35.5. The lowest BCUT2D eigenvalue weighted by molar-refractivity contribution is 1.11. The normalized spacial score (nSPS) is 10.4. The third kappa shape index (κ3) is 2.98.